The minimum Gasteiger partial charge on any atom is -0.318 e. The van der Waals surface area contributed by atoms with E-state index >= 15 is 0 Å². The molecule has 0 amide bonds. The van der Waals surface area contributed by atoms with E-state index in [4.69, 9.17) is 9.68 Å². The normalized spacial score (nSPS) is 18.3. The van der Waals surface area contributed by atoms with E-state index in [0.29, 0.717) is 17.5 Å². The van der Waals surface area contributed by atoms with Gasteiger partial charge in [-0.05, 0) is 64.4 Å². The van der Waals surface area contributed by atoms with Crippen LogP contribution in [0.3, 0.4) is 0 Å². The Balaban J connectivity index is 1.68. The van der Waals surface area contributed by atoms with Gasteiger partial charge < -0.3 is 9.68 Å². The van der Waals surface area contributed by atoms with Gasteiger partial charge in [0.1, 0.15) is 11.4 Å². The second kappa shape index (κ2) is 10.3. The lowest BCUT2D eigenvalue weighted by Crippen LogP contribution is -2.26. The van der Waals surface area contributed by atoms with Gasteiger partial charge in [-0.25, -0.2) is 9.59 Å². The molecule has 5 rings (SSSR count). The molecule has 0 aromatic heterocycles. The van der Waals surface area contributed by atoms with Crippen molar-refractivity contribution in [1.29, 1.82) is 0 Å². The Morgan fingerprint density at radius 3 is 1.69 bits per heavy atom. The number of oxime groups is 2. The summed E-state index contributed by atoms with van der Waals surface area (Å²) in [4.78, 5) is 58.6. The van der Waals surface area contributed by atoms with Crippen molar-refractivity contribution >= 4 is 34.9 Å². The number of unbranched alkanes of at least 4 members (excludes halogenated alkanes) is 2. The maximum Gasteiger partial charge on any atom is 0.331 e. The molecule has 8 heteroatoms. The van der Waals surface area contributed by atoms with E-state index in [1.165, 1.54) is 19.4 Å². The van der Waals surface area contributed by atoms with Crippen LogP contribution in [0.1, 0.15) is 109 Å². The Hall–Kier alpha value is -3.94. The van der Waals surface area contributed by atoms with E-state index in [1.54, 1.807) is 0 Å². The number of benzene rings is 2. The first kappa shape index (κ1) is 26.7. The molecule has 0 spiro atoms. The Morgan fingerprint density at radius 1 is 0.718 bits per heavy atom. The van der Waals surface area contributed by atoms with Gasteiger partial charge in [0.05, 0.1) is 0 Å². The average Bonchev–Trinajstić information content (AvgIpc) is 3.48. The van der Waals surface area contributed by atoms with Crippen LogP contribution in [-0.4, -0.2) is 34.9 Å². The minimum atomic E-state index is -0.573. The maximum absolute atomic E-state index is 13.3. The van der Waals surface area contributed by atoms with Gasteiger partial charge in [-0.15, -0.1) is 0 Å². The number of fused-ring (bicyclic) bond motifs is 5. The first-order valence-electron chi connectivity index (χ1n) is 13.6. The molecule has 2 aromatic carbocycles. The molecule has 0 radical (unpaired) electrons. The Morgan fingerprint density at radius 2 is 1.18 bits per heavy atom. The average molecular weight is 529 g/mol. The lowest BCUT2D eigenvalue weighted by atomic mass is 9.70. The van der Waals surface area contributed by atoms with Crippen molar-refractivity contribution in [2.45, 2.75) is 84.5 Å². The van der Waals surface area contributed by atoms with Crippen LogP contribution in [0.25, 0.3) is 11.1 Å². The highest BCUT2D eigenvalue weighted by Gasteiger charge is 2.45. The highest BCUT2D eigenvalue weighted by molar-refractivity contribution is 6.50. The quantitative estimate of drug-likeness (QED) is 0.323. The number of ketones is 2. The van der Waals surface area contributed by atoms with Crippen molar-refractivity contribution in [2.24, 2.45) is 10.3 Å². The molecule has 0 aliphatic heterocycles. The molecule has 0 bridgehead atoms. The maximum atomic E-state index is 13.3. The summed E-state index contributed by atoms with van der Waals surface area (Å²) in [5, 5.41) is 7.65. The zero-order chi connectivity index (χ0) is 27.9. The summed E-state index contributed by atoms with van der Waals surface area (Å²) < 4.78 is 0. The molecule has 202 valence electrons. The summed E-state index contributed by atoms with van der Waals surface area (Å²) >= 11 is 0. The topological polar surface area (TPSA) is 111 Å². The van der Waals surface area contributed by atoms with Gasteiger partial charge in [0.15, 0.2) is 0 Å². The molecule has 3 aliphatic carbocycles. The SMILES string of the molecule is CCCCC1(CCCC)c2cc3c(cc2-c2cc4c(cc21)C(=O)/C(=N/OC(C)=O)C4)C(=O)/C(=N\OC(C)=O)C3. The van der Waals surface area contributed by atoms with E-state index in [-0.39, 0.29) is 34.8 Å². The monoisotopic (exact) mass is 528 g/mol. The zero-order valence-electron chi connectivity index (χ0n) is 22.8. The predicted molar refractivity (Wildman–Crippen MR) is 146 cm³/mol. The number of rotatable bonds is 8. The number of carbonyl (C=O) groups excluding carboxylic acids is 4. The van der Waals surface area contributed by atoms with E-state index in [2.05, 4.69) is 36.3 Å². The van der Waals surface area contributed by atoms with Crippen LogP contribution in [0.5, 0.6) is 0 Å². The molecular formula is C31H32N2O6. The number of hydrogen-bond acceptors (Lipinski definition) is 8. The second-order valence-corrected chi connectivity index (χ2v) is 10.7. The van der Waals surface area contributed by atoms with Crippen molar-refractivity contribution in [3.8, 4) is 11.1 Å². The van der Waals surface area contributed by atoms with Crippen LogP contribution in [0, 0.1) is 0 Å². The van der Waals surface area contributed by atoms with E-state index in [1.807, 2.05) is 12.1 Å². The van der Waals surface area contributed by atoms with Crippen molar-refractivity contribution in [3.05, 3.63) is 57.6 Å². The molecule has 0 atom stereocenters. The van der Waals surface area contributed by atoms with Gasteiger partial charge in [0.2, 0.25) is 11.6 Å². The fourth-order valence-electron chi connectivity index (χ4n) is 6.23. The molecule has 3 aliphatic rings. The first-order valence-corrected chi connectivity index (χ1v) is 13.6. The lowest BCUT2D eigenvalue weighted by molar-refractivity contribution is -0.141. The van der Waals surface area contributed by atoms with E-state index < -0.39 is 11.9 Å². The number of nitrogens with zero attached hydrogens (tertiary/aromatic N) is 2. The molecule has 0 N–H and O–H groups in total. The van der Waals surface area contributed by atoms with E-state index in [0.717, 1.165) is 66.3 Å². The Kier molecular flexibility index (Phi) is 7.05. The molecule has 0 saturated heterocycles. The fraction of sp³-hybridized carbons (Fsp3) is 0.419. The van der Waals surface area contributed by atoms with Gasteiger partial charge in [-0.2, -0.15) is 0 Å². The van der Waals surface area contributed by atoms with Crippen molar-refractivity contribution in [3.63, 3.8) is 0 Å². The standard InChI is InChI=1S/C31H32N2O6/c1-5-7-9-31(10-8-6-2)25-12-20-14-28(33-39-18(4)35)29(36)21(20)15-24(25)23-11-19-13-27(32-38-17(3)34)30(37)22(19)16-26(23)31/h11-12,15-16H,5-10,13-14H2,1-4H3/b32-27+,33-28-. The van der Waals surface area contributed by atoms with E-state index in [9.17, 15) is 19.2 Å². The van der Waals surface area contributed by atoms with Crippen LogP contribution < -0.4 is 0 Å². The Bertz CT molecular complexity index is 1470. The van der Waals surface area contributed by atoms with Gasteiger partial charge >= 0.3 is 11.9 Å². The molecule has 0 unspecified atom stereocenters. The first-order chi connectivity index (χ1) is 18.7. The van der Waals surface area contributed by atoms with Gasteiger partial charge in [-0.3, -0.25) is 9.59 Å². The van der Waals surface area contributed by atoms with Crippen molar-refractivity contribution < 1.29 is 28.9 Å². The fourth-order valence-corrected chi connectivity index (χ4v) is 6.23. The largest absolute Gasteiger partial charge is 0.331 e. The third-order valence-corrected chi connectivity index (χ3v) is 8.02. The predicted octanol–water partition coefficient (Wildman–Crippen LogP) is 5.65. The minimum absolute atomic E-state index is 0.214. The molecule has 2 aromatic rings. The summed E-state index contributed by atoms with van der Waals surface area (Å²) in [7, 11) is 0. The molecule has 0 heterocycles. The molecule has 39 heavy (non-hydrogen) atoms. The number of carbonyl (C=O) groups is 4. The summed E-state index contributed by atoms with van der Waals surface area (Å²) in [6.07, 6.45) is 6.54. The molecule has 0 saturated carbocycles. The molecular weight excluding hydrogens is 496 g/mol. The second-order valence-electron chi connectivity index (χ2n) is 10.7. The summed E-state index contributed by atoms with van der Waals surface area (Å²) in [5.74, 6) is -1.59. The third-order valence-electron chi connectivity index (χ3n) is 8.02. The smallest absolute Gasteiger partial charge is 0.318 e. The van der Waals surface area contributed by atoms with Crippen molar-refractivity contribution in [2.75, 3.05) is 0 Å². The van der Waals surface area contributed by atoms with Gasteiger partial charge in [0.25, 0.3) is 0 Å². The van der Waals surface area contributed by atoms with Crippen LogP contribution in [-0.2, 0) is 37.5 Å². The van der Waals surface area contributed by atoms with Crippen molar-refractivity contribution in [1.82, 2.24) is 0 Å². The highest BCUT2D eigenvalue weighted by atomic mass is 16.7. The summed E-state index contributed by atoms with van der Waals surface area (Å²) in [6, 6.07) is 8.18. The number of hydrogen-bond donors (Lipinski definition) is 0. The van der Waals surface area contributed by atoms with Crippen LogP contribution >= 0.6 is 0 Å². The Labute approximate surface area is 227 Å². The van der Waals surface area contributed by atoms with Gasteiger partial charge in [0, 0.05) is 43.2 Å². The third kappa shape index (κ3) is 4.51. The summed E-state index contributed by atoms with van der Waals surface area (Å²) in [5.41, 5.74) is 7.36. The van der Waals surface area contributed by atoms with Gasteiger partial charge in [-0.1, -0.05) is 55.9 Å². The van der Waals surface area contributed by atoms with Crippen LogP contribution in [0.4, 0.5) is 0 Å². The molecule has 8 nitrogen and oxygen atoms in total. The number of Topliss-reactive ketones (excluding diaryl/α,β-unsaturated/α-hetero) is 2. The summed E-state index contributed by atoms with van der Waals surface area (Å²) in [6.45, 7) is 6.85. The highest BCUT2D eigenvalue weighted by Crippen LogP contribution is 2.56. The lowest BCUT2D eigenvalue weighted by Gasteiger charge is -2.33. The van der Waals surface area contributed by atoms with Crippen LogP contribution in [0.2, 0.25) is 0 Å². The zero-order valence-corrected chi connectivity index (χ0v) is 22.8. The van der Waals surface area contributed by atoms with Crippen LogP contribution in [0.15, 0.2) is 34.6 Å². The molecule has 0 fully saturated rings.